The smallest absolute Gasteiger partial charge is 0.196 e. The number of ether oxygens (including phenoxy) is 1. The van der Waals surface area contributed by atoms with Crippen LogP contribution in [0.1, 0.15) is 32.6 Å². The van der Waals surface area contributed by atoms with Gasteiger partial charge in [0.1, 0.15) is 5.75 Å². The van der Waals surface area contributed by atoms with E-state index in [9.17, 15) is 4.79 Å². The lowest BCUT2D eigenvalue weighted by molar-refractivity contribution is 0.105. The number of hydrogen-bond acceptors (Lipinski definition) is 4. The molecular formula is C28H28N2O2. The third kappa shape index (κ3) is 3.36. The van der Waals surface area contributed by atoms with Gasteiger partial charge in [-0.1, -0.05) is 48.5 Å². The Balaban J connectivity index is 1.50. The lowest BCUT2D eigenvalue weighted by Crippen LogP contribution is -2.45. The number of fused-ring (bicyclic) bond motifs is 1. The fourth-order valence-electron chi connectivity index (χ4n) is 4.87. The molecule has 1 aliphatic carbocycles. The zero-order valence-corrected chi connectivity index (χ0v) is 18.9. The molecule has 0 spiro atoms. The first-order valence-corrected chi connectivity index (χ1v) is 11.2. The van der Waals surface area contributed by atoms with Gasteiger partial charge in [0.2, 0.25) is 0 Å². The minimum absolute atomic E-state index is 0.109. The van der Waals surface area contributed by atoms with Crippen LogP contribution in [0.4, 0.5) is 5.69 Å². The van der Waals surface area contributed by atoms with E-state index < -0.39 is 0 Å². The topological polar surface area (TPSA) is 32.8 Å². The van der Waals surface area contributed by atoms with E-state index in [2.05, 4.69) is 47.9 Å². The van der Waals surface area contributed by atoms with E-state index in [1.165, 1.54) is 16.8 Å². The molecule has 0 aromatic heterocycles. The molecule has 4 heteroatoms. The maximum Gasteiger partial charge on any atom is 0.196 e. The molecule has 3 aromatic rings. The Bertz CT molecular complexity index is 1200. The molecule has 3 aromatic carbocycles. The van der Waals surface area contributed by atoms with Gasteiger partial charge in [0.05, 0.1) is 18.4 Å². The number of hydrogen-bond donors (Lipinski definition) is 0. The lowest BCUT2D eigenvalue weighted by Gasteiger charge is -2.39. The van der Waals surface area contributed by atoms with E-state index in [1.54, 1.807) is 7.11 Å². The molecule has 2 aliphatic rings. The molecule has 1 aliphatic heterocycles. The summed E-state index contributed by atoms with van der Waals surface area (Å²) in [4.78, 5) is 18.3. The van der Waals surface area contributed by atoms with Gasteiger partial charge in [-0.3, -0.25) is 4.79 Å². The number of nitrogens with zero attached hydrogens (tertiary/aromatic N) is 2. The number of carbonyl (C=O) groups excluding carboxylic acids is 1. The van der Waals surface area contributed by atoms with Crippen molar-refractivity contribution in [3.8, 4) is 5.75 Å². The number of allylic oxidation sites excluding steroid dienone is 1. The highest BCUT2D eigenvalue weighted by molar-refractivity contribution is 6.39. The number of rotatable bonds is 4. The summed E-state index contributed by atoms with van der Waals surface area (Å²) >= 11 is 0. The Hall–Kier alpha value is -3.53. The molecule has 32 heavy (non-hydrogen) atoms. The summed E-state index contributed by atoms with van der Waals surface area (Å²) in [6, 6.07) is 22.4. The maximum atomic E-state index is 13.4. The van der Waals surface area contributed by atoms with E-state index in [-0.39, 0.29) is 5.78 Å². The van der Waals surface area contributed by atoms with Crippen molar-refractivity contribution in [2.24, 2.45) is 0 Å². The second kappa shape index (κ2) is 8.19. The van der Waals surface area contributed by atoms with Gasteiger partial charge in [0, 0.05) is 43.0 Å². The molecule has 5 rings (SSSR count). The van der Waals surface area contributed by atoms with Crippen molar-refractivity contribution in [2.45, 2.75) is 13.8 Å². The number of anilines is 1. The molecule has 1 fully saturated rings. The van der Waals surface area contributed by atoms with Gasteiger partial charge in [0.25, 0.3) is 0 Å². The van der Waals surface area contributed by atoms with Gasteiger partial charge >= 0.3 is 0 Å². The second-order valence-electron chi connectivity index (χ2n) is 8.52. The first-order valence-electron chi connectivity index (χ1n) is 11.2. The van der Waals surface area contributed by atoms with E-state index in [4.69, 9.17) is 4.74 Å². The average molecular weight is 425 g/mol. The summed E-state index contributed by atoms with van der Waals surface area (Å²) < 4.78 is 5.32. The van der Waals surface area contributed by atoms with Crippen molar-refractivity contribution < 1.29 is 9.53 Å². The van der Waals surface area contributed by atoms with Crippen molar-refractivity contribution in [1.29, 1.82) is 0 Å². The van der Waals surface area contributed by atoms with Gasteiger partial charge in [-0.25, -0.2) is 0 Å². The molecule has 1 saturated heterocycles. The highest BCUT2D eigenvalue weighted by Crippen LogP contribution is 2.41. The SMILES string of the molecule is COc1ccc(C2=C(N3CCN(c4cccc(C)c4C)CC3)c3ccccc3C2=O)cc1. The third-order valence-electron chi connectivity index (χ3n) is 6.78. The molecule has 0 atom stereocenters. The molecule has 162 valence electrons. The van der Waals surface area contributed by atoms with Crippen molar-refractivity contribution in [1.82, 2.24) is 4.90 Å². The van der Waals surface area contributed by atoms with Crippen molar-refractivity contribution in [2.75, 3.05) is 38.2 Å². The van der Waals surface area contributed by atoms with Crippen LogP contribution in [0, 0.1) is 13.8 Å². The zero-order chi connectivity index (χ0) is 22.2. The average Bonchev–Trinajstić information content (AvgIpc) is 3.13. The van der Waals surface area contributed by atoms with Crippen LogP contribution in [0.2, 0.25) is 0 Å². The third-order valence-corrected chi connectivity index (χ3v) is 6.78. The van der Waals surface area contributed by atoms with Crippen LogP contribution >= 0.6 is 0 Å². The molecule has 0 radical (unpaired) electrons. The van der Waals surface area contributed by atoms with Crippen LogP contribution in [0.5, 0.6) is 5.75 Å². The minimum Gasteiger partial charge on any atom is -0.497 e. The summed E-state index contributed by atoms with van der Waals surface area (Å²) in [5.74, 6) is 0.902. The molecular weight excluding hydrogens is 396 g/mol. The Morgan fingerprint density at radius 1 is 0.750 bits per heavy atom. The summed E-state index contributed by atoms with van der Waals surface area (Å²) in [6.45, 7) is 7.99. The monoisotopic (exact) mass is 424 g/mol. The summed E-state index contributed by atoms with van der Waals surface area (Å²) in [7, 11) is 1.66. The van der Waals surface area contributed by atoms with Gasteiger partial charge in [-0.05, 0) is 48.7 Å². The summed E-state index contributed by atoms with van der Waals surface area (Å²) in [6.07, 6.45) is 0. The lowest BCUT2D eigenvalue weighted by atomic mass is 10.0. The predicted molar refractivity (Wildman–Crippen MR) is 130 cm³/mol. The highest BCUT2D eigenvalue weighted by atomic mass is 16.5. The Morgan fingerprint density at radius 3 is 2.09 bits per heavy atom. The Morgan fingerprint density at radius 2 is 1.41 bits per heavy atom. The number of carbonyl (C=O) groups is 1. The number of ketones is 1. The first-order chi connectivity index (χ1) is 15.6. The summed E-state index contributed by atoms with van der Waals surface area (Å²) in [5.41, 5.74) is 8.64. The quantitative estimate of drug-likeness (QED) is 0.576. The van der Waals surface area contributed by atoms with Crippen LogP contribution in [0.15, 0.2) is 66.7 Å². The van der Waals surface area contributed by atoms with Gasteiger partial charge in [0.15, 0.2) is 5.78 Å². The Kier molecular flexibility index (Phi) is 5.22. The molecule has 0 bridgehead atoms. The van der Waals surface area contributed by atoms with E-state index >= 15 is 0 Å². The molecule has 1 heterocycles. The largest absolute Gasteiger partial charge is 0.497 e. The molecule has 0 N–H and O–H groups in total. The van der Waals surface area contributed by atoms with Crippen LogP contribution in [-0.2, 0) is 0 Å². The minimum atomic E-state index is 0.109. The highest BCUT2D eigenvalue weighted by Gasteiger charge is 2.34. The zero-order valence-electron chi connectivity index (χ0n) is 18.9. The van der Waals surface area contributed by atoms with Crippen molar-refractivity contribution in [3.63, 3.8) is 0 Å². The van der Waals surface area contributed by atoms with Gasteiger partial charge in [-0.15, -0.1) is 0 Å². The summed E-state index contributed by atoms with van der Waals surface area (Å²) in [5, 5.41) is 0. The van der Waals surface area contributed by atoms with Crippen LogP contribution < -0.4 is 9.64 Å². The number of piperazine rings is 1. The first kappa shape index (κ1) is 20.4. The fourth-order valence-corrected chi connectivity index (χ4v) is 4.87. The van der Waals surface area contributed by atoms with E-state index in [1.807, 2.05) is 42.5 Å². The maximum absolute atomic E-state index is 13.4. The number of methoxy groups -OCH3 is 1. The number of benzene rings is 3. The second-order valence-corrected chi connectivity index (χ2v) is 8.52. The van der Waals surface area contributed by atoms with Crippen molar-refractivity contribution in [3.05, 3.63) is 94.5 Å². The standard InChI is InChI=1S/C28H28N2O2/c1-19-7-6-10-25(20(19)2)29-15-17-30(18-16-29)27-23-8-4-5-9-24(23)28(31)26(27)21-11-13-22(32-3)14-12-21/h4-14H,15-18H2,1-3H3. The fraction of sp³-hybridized carbons (Fsp3) is 0.250. The molecule has 0 unspecified atom stereocenters. The molecule has 0 saturated carbocycles. The number of aryl methyl sites for hydroxylation is 1. The predicted octanol–water partition coefficient (Wildman–Crippen LogP) is 5.20. The number of Topliss-reactive ketones (excluding diaryl/α,β-unsaturated/α-hetero) is 1. The van der Waals surface area contributed by atoms with Crippen LogP contribution in [0.3, 0.4) is 0 Å². The Labute approximate surface area is 189 Å². The van der Waals surface area contributed by atoms with Crippen LogP contribution in [-0.4, -0.2) is 44.0 Å². The van der Waals surface area contributed by atoms with Gasteiger partial charge in [-0.2, -0.15) is 0 Å². The van der Waals surface area contributed by atoms with E-state index in [0.717, 1.165) is 59.9 Å². The molecule has 4 nitrogen and oxygen atoms in total. The van der Waals surface area contributed by atoms with Crippen molar-refractivity contribution >= 4 is 22.7 Å². The molecule has 0 amide bonds. The van der Waals surface area contributed by atoms with Crippen LogP contribution in [0.25, 0.3) is 11.3 Å². The van der Waals surface area contributed by atoms with Gasteiger partial charge < -0.3 is 14.5 Å². The normalized spacial score (nSPS) is 15.9. The van der Waals surface area contributed by atoms with E-state index in [0.29, 0.717) is 0 Å².